The predicted octanol–water partition coefficient (Wildman–Crippen LogP) is 5.17. The van der Waals surface area contributed by atoms with Crippen LogP contribution in [0.5, 0.6) is 0 Å². The fourth-order valence-corrected chi connectivity index (χ4v) is 3.41. The van der Waals surface area contributed by atoms with Gasteiger partial charge >= 0.3 is 0 Å². The van der Waals surface area contributed by atoms with Gasteiger partial charge in [0.1, 0.15) is 0 Å². The monoisotopic (exact) mass is 271 g/mol. The lowest BCUT2D eigenvalue weighted by atomic mass is 9.87. The van der Waals surface area contributed by atoms with Crippen LogP contribution in [0.15, 0.2) is 24.8 Å². The highest BCUT2D eigenvalue weighted by atomic mass is 15.2. The Labute approximate surface area is 124 Å². The minimum absolute atomic E-state index is 0.669. The summed E-state index contributed by atoms with van der Waals surface area (Å²) in [6, 6.07) is 7.41. The lowest BCUT2D eigenvalue weighted by molar-refractivity contribution is 0.155. The van der Waals surface area contributed by atoms with Gasteiger partial charge in [0.2, 0.25) is 0 Å². The van der Waals surface area contributed by atoms with Crippen LogP contribution in [-0.4, -0.2) is 17.5 Å². The van der Waals surface area contributed by atoms with E-state index in [1.165, 1.54) is 54.6 Å². The van der Waals surface area contributed by atoms with Crippen LogP contribution in [0, 0.1) is 19.8 Å². The van der Waals surface area contributed by atoms with Gasteiger partial charge < -0.3 is 4.90 Å². The van der Waals surface area contributed by atoms with E-state index < -0.39 is 0 Å². The normalized spacial score (nSPS) is 22.9. The van der Waals surface area contributed by atoms with Crippen molar-refractivity contribution < 1.29 is 0 Å². The van der Waals surface area contributed by atoms with E-state index >= 15 is 0 Å². The van der Waals surface area contributed by atoms with Crippen molar-refractivity contribution in [2.45, 2.75) is 59.4 Å². The highest BCUT2D eigenvalue weighted by Gasteiger charge is 2.28. The van der Waals surface area contributed by atoms with Crippen molar-refractivity contribution in [3.8, 4) is 0 Å². The zero-order chi connectivity index (χ0) is 14.7. The molecule has 2 unspecified atom stereocenters. The summed E-state index contributed by atoms with van der Waals surface area (Å²) >= 11 is 0. The fourth-order valence-electron chi connectivity index (χ4n) is 3.41. The van der Waals surface area contributed by atoms with Gasteiger partial charge in [0.15, 0.2) is 0 Å². The second kappa shape index (κ2) is 6.47. The summed E-state index contributed by atoms with van der Waals surface area (Å²) in [5, 5.41) is 0. The fraction of sp³-hybridized carbons (Fsp3) is 0.579. The highest BCUT2D eigenvalue weighted by Crippen LogP contribution is 2.32. The smallest absolute Gasteiger partial charge is 0.0369 e. The van der Waals surface area contributed by atoms with E-state index in [0.29, 0.717) is 6.04 Å². The van der Waals surface area contributed by atoms with Crippen molar-refractivity contribution in [3.63, 3.8) is 0 Å². The second-order valence-corrected chi connectivity index (χ2v) is 6.41. The molecule has 0 spiro atoms. The summed E-state index contributed by atoms with van der Waals surface area (Å²) < 4.78 is 0. The molecule has 0 aliphatic carbocycles. The molecule has 1 nitrogen and oxygen atoms in total. The number of hydrogen-bond acceptors (Lipinski definition) is 1. The summed E-state index contributed by atoms with van der Waals surface area (Å²) in [7, 11) is 0. The molecular formula is C19H29N. The summed E-state index contributed by atoms with van der Waals surface area (Å²) in [6.45, 7) is 14.6. The van der Waals surface area contributed by atoms with Crippen LogP contribution < -0.4 is 0 Å². The number of aryl methyl sites for hydroxylation is 2. The molecule has 0 radical (unpaired) electrons. The van der Waals surface area contributed by atoms with Crippen LogP contribution in [0.3, 0.4) is 0 Å². The summed E-state index contributed by atoms with van der Waals surface area (Å²) in [4.78, 5) is 2.57. The Kier molecular flexibility index (Phi) is 4.91. The third kappa shape index (κ3) is 3.08. The lowest BCUT2D eigenvalue weighted by Gasteiger charge is -2.43. The molecule has 20 heavy (non-hydrogen) atoms. The Balaban J connectivity index is 2.23. The summed E-state index contributed by atoms with van der Waals surface area (Å²) in [6.07, 6.45) is 5.20. The first-order chi connectivity index (χ1) is 9.54. The van der Waals surface area contributed by atoms with E-state index in [1.54, 1.807) is 0 Å². The zero-order valence-corrected chi connectivity index (χ0v) is 13.6. The average molecular weight is 271 g/mol. The van der Waals surface area contributed by atoms with Gasteiger partial charge in [0.25, 0.3) is 0 Å². The van der Waals surface area contributed by atoms with Gasteiger partial charge in [-0.05, 0) is 61.8 Å². The van der Waals surface area contributed by atoms with Crippen LogP contribution in [0.1, 0.15) is 56.2 Å². The van der Waals surface area contributed by atoms with Crippen LogP contribution in [0.25, 0.3) is 5.70 Å². The first-order valence-corrected chi connectivity index (χ1v) is 8.07. The molecule has 2 rings (SSSR count). The Morgan fingerprint density at radius 2 is 2.05 bits per heavy atom. The van der Waals surface area contributed by atoms with Crippen LogP contribution in [-0.2, 0) is 0 Å². The van der Waals surface area contributed by atoms with Crippen LogP contribution in [0.2, 0.25) is 0 Å². The molecular weight excluding hydrogens is 242 g/mol. The van der Waals surface area contributed by atoms with Crippen LogP contribution in [0.4, 0.5) is 0 Å². The molecule has 1 aromatic carbocycles. The first-order valence-electron chi connectivity index (χ1n) is 8.07. The second-order valence-electron chi connectivity index (χ2n) is 6.41. The minimum atomic E-state index is 0.669. The van der Waals surface area contributed by atoms with Gasteiger partial charge in [-0.15, -0.1) is 0 Å². The van der Waals surface area contributed by atoms with Gasteiger partial charge in [0.05, 0.1) is 0 Å². The van der Waals surface area contributed by atoms with Crippen LogP contribution >= 0.6 is 0 Å². The van der Waals surface area contributed by atoms with Crippen molar-refractivity contribution in [1.29, 1.82) is 0 Å². The SMILES string of the molecule is C=C(c1ccc(C)c(C)c1)N1CCCC(C)C1CCC. The number of piperidine rings is 1. The molecule has 0 bridgehead atoms. The lowest BCUT2D eigenvalue weighted by Crippen LogP contribution is -2.42. The Morgan fingerprint density at radius 1 is 1.30 bits per heavy atom. The third-order valence-electron chi connectivity index (χ3n) is 4.89. The number of hydrogen-bond donors (Lipinski definition) is 0. The molecule has 110 valence electrons. The van der Waals surface area contributed by atoms with E-state index in [-0.39, 0.29) is 0 Å². The molecule has 1 aromatic rings. The van der Waals surface area contributed by atoms with E-state index in [1.807, 2.05) is 0 Å². The molecule has 0 saturated carbocycles. The number of benzene rings is 1. The maximum atomic E-state index is 4.41. The quantitative estimate of drug-likeness (QED) is 0.730. The average Bonchev–Trinajstić information content (AvgIpc) is 2.43. The predicted molar refractivity (Wildman–Crippen MR) is 88.8 cm³/mol. The molecule has 0 N–H and O–H groups in total. The molecule has 0 aromatic heterocycles. The number of nitrogens with zero attached hydrogens (tertiary/aromatic N) is 1. The molecule has 1 heteroatoms. The molecule has 0 amide bonds. The zero-order valence-electron chi connectivity index (χ0n) is 13.6. The van der Waals surface area contributed by atoms with Gasteiger partial charge in [-0.3, -0.25) is 0 Å². The van der Waals surface area contributed by atoms with Crippen molar-refractivity contribution in [2.75, 3.05) is 6.54 Å². The molecule has 1 aliphatic rings. The number of rotatable bonds is 4. The molecule has 1 saturated heterocycles. The summed E-state index contributed by atoms with van der Waals surface area (Å²) in [5.41, 5.74) is 5.24. The Bertz CT molecular complexity index is 475. The topological polar surface area (TPSA) is 3.24 Å². The van der Waals surface area contributed by atoms with Gasteiger partial charge in [0, 0.05) is 18.3 Å². The molecule has 1 heterocycles. The largest absolute Gasteiger partial charge is 0.368 e. The minimum Gasteiger partial charge on any atom is -0.368 e. The van der Waals surface area contributed by atoms with E-state index in [2.05, 4.69) is 57.4 Å². The third-order valence-corrected chi connectivity index (χ3v) is 4.89. The van der Waals surface area contributed by atoms with Crippen molar-refractivity contribution >= 4 is 5.70 Å². The van der Waals surface area contributed by atoms with Crippen molar-refractivity contribution in [3.05, 3.63) is 41.5 Å². The maximum Gasteiger partial charge on any atom is 0.0369 e. The standard InChI is InChI=1S/C19H29N/c1-6-8-19-15(3)9-7-12-20(19)17(5)18-11-10-14(2)16(4)13-18/h10-11,13,15,19H,5-9,12H2,1-4H3. The molecule has 1 fully saturated rings. The van der Waals surface area contributed by atoms with E-state index in [4.69, 9.17) is 0 Å². The highest BCUT2D eigenvalue weighted by molar-refractivity contribution is 5.63. The van der Waals surface area contributed by atoms with E-state index in [9.17, 15) is 0 Å². The van der Waals surface area contributed by atoms with Gasteiger partial charge in [-0.1, -0.05) is 39.0 Å². The van der Waals surface area contributed by atoms with Gasteiger partial charge in [-0.2, -0.15) is 0 Å². The van der Waals surface area contributed by atoms with E-state index in [0.717, 1.165) is 5.92 Å². The molecule has 2 atom stereocenters. The Hall–Kier alpha value is -1.24. The summed E-state index contributed by atoms with van der Waals surface area (Å²) in [5.74, 6) is 0.784. The number of likely N-dealkylation sites (tertiary alicyclic amines) is 1. The first kappa shape index (κ1) is 15.2. The molecule has 1 aliphatic heterocycles. The van der Waals surface area contributed by atoms with Crippen molar-refractivity contribution in [1.82, 2.24) is 4.90 Å². The van der Waals surface area contributed by atoms with Gasteiger partial charge in [-0.25, -0.2) is 0 Å². The van der Waals surface area contributed by atoms with Crippen molar-refractivity contribution in [2.24, 2.45) is 5.92 Å². The Morgan fingerprint density at radius 3 is 2.70 bits per heavy atom. The maximum absolute atomic E-state index is 4.41.